The summed E-state index contributed by atoms with van der Waals surface area (Å²) in [7, 11) is 0. The molecule has 0 aromatic heterocycles. The molecule has 3 aromatic rings. The number of hydrogen-bond donors (Lipinski definition) is 1. The molecule has 41 heavy (non-hydrogen) atoms. The molecule has 0 spiro atoms. The first-order valence-corrected chi connectivity index (χ1v) is 16.4. The van der Waals surface area contributed by atoms with Crippen molar-refractivity contribution in [3.05, 3.63) is 90.0 Å². The van der Waals surface area contributed by atoms with Gasteiger partial charge in [-0.25, -0.2) is 0 Å². The maximum Gasteiger partial charge on any atom is 0.141 e. The number of nitrogens with zero attached hydrogens (tertiary/aromatic N) is 3. The second-order valence-corrected chi connectivity index (χ2v) is 11.3. The minimum absolute atomic E-state index is 0.791. The van der Waals surface area contributed by atoms with E-state index in [0.29, 0.717) is 0 Å². The van der Waals surface area contributed by atoms with Gasteiger partial charge in [0.2, 0.25) is 0 Å². The summed E-state index contributed by atoms with van der Waals surface area (Å²) in [5, 5.41) is 0. The first-order chi connectivity index (χ1) is 20.0. The van der Waals surface area contributed by atoms with E-state index in [0.717, 1.165) is 49.5 Å². The predicted octanol–water partition coefficient (Wildman–Crippen LogP) is 9.19. The molecule has 1 unspecified atom stereocenters. The molecule has 1 atom stereocenters. The summed E-state index contributed by atoms with van der Waals surface area (Å²) >= 11 is 0. The van der Waals surface area contributed by atoms with Crippen LogP contribution in [-0.4, -0.2) is 32.7 Å². The molecule has 0 amide bonds. The van der Waals surface area contributed by atoms with Crippen LogP contribution in [0.1, 0.15) is 97.1 Å². The lowest BCUT2D eigenvalue weighted by atomic mass is 9.89. The molecule has 0 saturated carbocycles. The van der Waals surface area contributed by atoms with Crippen molar-refractivity contribution in [2.24, 2.45) is 5.73 Å². The van der Waals surface area contributed by atoms with Gasteiger partial charge >= 0.3 is 0 Å². The van der Waals surface area contributed by atoms with Gasteiger partial charge in [-0.05, 0) is 80.1 Å². The van der Waals surface area contributed by atoms with Crippen LogP contribution >= 0.6 is 0 Å². The summed E-state index contributed by atoms with van der Waals surface area (Å²) in [6.07, 6.45) is 9.65. The summed E-state index contributed by atoms with van der Waals surface area (Å²) in [5.74, 6) is 0. The third-order valence-electron chi connectivity index (χ3n) is 8.26. The normalized spacial score (nSPS) is 12.6. The molecule has 0 fully saturated rings. The zero-order valence-corrected chi connectivity index (χ0v) is 26.6. The highest BCUT2D eigenvalue weighted by atomic mass is 15.3. The number of unbranched alkanes of at least 4 members (excludes halogenated alkanes) is 4. The fourth-order valence-corrected chi connectivity index (χ4v) is 5.73. The summed E-state index contributed by atoms with van der Waals surface area (Å²) in [6.45, 7) is 16.5. The molecule has 3 aromatic carbocycles. The van der Waals surface area contributed by atoms with Crippen LogP contribution in [0.25, 0.3) is 0 Å². The Bertz CT molecular complexity index is 1100. The van der Waals surface area contributed by atoms with E-state index in [9.17, 15) is 0 Å². The van der Waals surface area contributed by atoms with Crippen molar-refractivity contribution in [2.75, 3.05) is 47.4 Å². The zero-order valence-electron chi connectivity index (χ0n) is 26.6. The van der Waals surface area contributed by atoms with E-state index >= 15 is 0 Å². The summed E-state index contributed by atoms with van der Waals surface area (Å²) in [5.41, 5.74) is 12.8. The fourth-order valence-electron chi connectivity index (χ4n) is 5.73. The van der Waals surface area contributed by atoms with Gasteiger partial charge in [-0.2, -0.15) is 0 Å². The molecular weight excluding hydrogens is 500 g/mol. The minimum Gasteiger partial charge on any atom is -0.372 e. The quantitative estimate of drug-likeness (QED) is 0.149. The Balaban J connectivity index is 2.04. The van der Waals surface area contributed by atoms with E-state index in [1.807, 2.05) is 0 Å². The van der Waals surface area contributed by atoms with E-state index in [-0.39, 0.29) is 0 Å². The second kappa shape index (κ2) is 17.1. The maximum absolute atomic E-state index is 7.62. The van der Waals surface area contributed by atoms with Crippen LogP contribution in [0.4, 0.5) is 17.1 Å². The highest BCUT2D eigenvalue weighted by Gasteiger charge is 2.36. The summed E-state index contributed by atoms with van der Waals surface area (Å²) < 4.78 is 0. The van der Waals surface area contributed by atoms with Crippen LogP contribution in [0.15, 0.2) is 78.9 Å². The Morgan fingerprint density at radius 3 is 1.46 bits per heavy atom. The van der Waals surface area contributed by atoms with E-state index in [1.165, 1.54) is 62.7 Å². The van der Waals surface area contributed by atoms with Crippen molar-refractivity contribution >= 4 is 17.1 Å². The van der Waals surface area contributed by atoms with E-state index in [4.69, 9.17) is 5.73 Å². The smallest absolute Gasteiger partial charge is 0.141 e. The van der Waals surface area contributed by atoms with Crippen LogP contribution in [0.5, 0.6) is 0 Å². The summed E-state index contributed by atoms with van der Waals surface area (Å²) in [6, 6.07) is 28.8. The van der Waals surface area contributed by atoms with Gasteiger partial charge in [0.1, 0.15) is 5.66 Å². The van der Waals surface area contributed by atoms with Crippen molar-refractivity contribution in [2.45, 2.75) is 91.6 Å². The number of anilines is 3. The Labute approximate surface area is 251 Å². The lowest BCUT2D eigenvalue weighted by Gasteiger charge is -2.43. The molecule has 0 aliphatic heterocycles. The number of hydrogen-bond acceptors (Lipinski definition) is 4. The summed E-state index contributed by atoms with van der Waals surface area (Å²) in [4.78, 5) is 7.47. The molecule has 0 bridgehead atoms. The molecule has 4 heteroatoms. The molecule has 3 rings (SSSR count). The molecule has 4 nitrogen and oxygen atoms in total. The Hall–Kier alpha value is -2.98. The Kier molecular flexibility index (Phi) is 13.6. The lowest BCUT2D eigenvalue weighted by Crippen LogP contribution is -2.54. The van der Waals surface area contributed by atoms with Crippen molar-refractivity contribution < 1.29 is 0 Å². The fraction of sp³-hybridized carbons (Fsp3) is 0.514. The van der Waals surface area contributed by atoms with Gasteiger partial charge in [-0.1, -0.05) is 95.8 Å². The van der Waals surface area contributed by atoms with Crippen LogP contribution in [-0.2, 0) is 5.66 Å². The van der Waals surface area contributed by atoms with Crippen molar-refractivity contribution in [1.82, 2.24) is 0 Å². The topological polar surface area (TPSA) is 35.7 Å². The Morgan fingerprint density at radius 1 is 0.512 bits per heavy atom. The van der Waals surface area contributed by atoms with Gasteiger partial charge in [-0.15, -0.1) is 0 Å². The lowest BCUT2D eigenvalue weighted by molar-refractivity contribution is 0.502. The van der Waals surface area contributed by atoms with Gasteiger partial charge in [0, 0.05) is 49.8 Å². The monoisotopic (exact) mass is 556 g/mol. The molecule has 0 radical (unpaired) electrons. The molecule has 0 aliphatic carbocycles. The third-order valence-corrected chi connectivity index (χ3v) is 8.26. The number of nitrogens with two attached hydrogens (primary N) is 1. The molecule has 0 saturated heterocycles. The molecule has 2 N–H and O–H groups in total. The van der Waals surface area contributed by atoms with Crippen LogP contribution in [0.3, 0.4) is 0 Å². The Morgan fingerprint density at radius 2 is 0.976 bits per heavy atom. The molecule has 224 valence electrons. The van der Waals surface area contributed by atoms with E-state index < -0.39 is 5.66 Å². The number of rotatable bonds is 19. The third kappa shape index (κ3) is 8.52. The van der Waals surface area contributed by atoms with Crippen LogP contribution < -0.4 is 20.4 Å². The van der Waals surface area contributed by atoms with E-state index in [1.54, 1.807) is 0 Å². The molecule has 0 heterocycles. The average Bonchev–Trinajstić information content (AvgIpc) is 3.02. The largest absolute Gasteiger partial charge is 0.372 e. The van der Waals surface area contributed by atoms with Gasteiger partial charge in [0.25, 0.3) is 0 Å². The maximum atomic E-state index is 7.62. The first kappa shape index (κ1) is 32.5. The van der Waals surface area contributed by atoms with E-state index in [2.05, 4.69) is 128 Å². The highest BCUT2D eigenvalue weighted by molar-refractivity contribution is 5.62. The standard InChI is InChI=1S/C37H56N4/c1-6-11-27-39(28-12-7-2)34-23-25-35(26-24-34)41(10-5)37(38,32-19-16-15-17-20-32)33-21-18-22-36(31-33)40(29-13-8-3)30-14-9-4/h15-26,31H,6-14,27-30,38H2,1-5H3. The van der Waals surface area contributed by atoms with Gasteiger partial charge in [0.15, 0.2) is 0 Å². The second-order valence-electron chi connectivity index (χ2n) is 11.3. The van der Waals surface area contributed by atoms with Crippen molar-refractivity contribution in [1.29, 1.82) is 0 Å². The van der Waals surface area contributed by atoms with Crippen molar-refractivity contribution in [3.8, 4) is 0 Å². The van der Waals surface area contributed by atoms with Crippen molar-refractivity contribution in [3.63, 3.8) is 0 Å². The van der Waals surface area contributed by atoms with Gasteiger partial charge < -0.3 is 20.4 Å². The molecule has 0 aliphatic rings. The minimum atomic E-state index is -0.807. The molecular formula is C37H56N4. The highest BCUT2D eigenvalue weighted by Crippen LogP contribution is 2.37. The average molecular weight is 557 g/mol. The van der Waals surface area contributed by atoms with Crippen LogP contribution in [0, 0.1) is 0 Å². The van der Waals surface area contributed by atoms with Gasteiger partial charge in [0.05, 0.1) is 0 Å². The first-order valence-electron chi connectivity index (χ1n) is 16.4. The predicted molar refractivity (Wildman–Crippen MR) is 181 cm³/mol. The van der Waals surface area contributed by atoms with Crippen LogP contribution in [0.2, 0.25) is 0 Å². The SMILES string of the molecule is CCCCN(CCCC)c1ccc(N(CC)C(N)(c2ccccc2)c2cccc(N(CCCC)CCCC)c2)cc1. The number of benzene rings is 3. The van der Waals surface area contributed by atoms with Gasteiger partial charge in [-0.3, -0.25) is 0 Å². The zero-order chi connectivity index (χ0) is 29.5.